The van der Waals surface area contributed by atoms with E-state index in [0.29, 0.717) is 0 Å². The average Bonchev–Trinajstić information content (AvgIpc) is 2.43. The minimum atomic E-state index is 0.262. The number of nitrogens with zero attached hydrogens (tertiary/aromatic N) is 1. The van der Waals surface area contributed by atoms with Gasteiger partial charge in [0.1, 0.15) is 5.37 Å². The number of thioether (sulfide) groups is 1. The van der Waals surface area contributed by atoms with Gasteiger partial charge in [0.2, 0.25) is 0 Å². The van der Waals surface area contributed by atoms with Crippen LogP contribution >= 0.6 is 24.6 Å². The molecular weight excluding hydrogens is 166 g/mol. The van der Waals surface area contributed by atoms with Gasteiger partial charge in [0.15, 0.2) is 0 Å². The molecule has 1 aliphatic rings. The Bertz CT molecular complexity index is 133. The third kappa shape index (κ3) is 1.81. The number of rotatable bonds is 3. The molecule has 0 aromatic carbocycles. The summed E-state index contributed by atoms with van der Waals surface area (Å²) in [6, 6.07) is 0. The molecule has 1 heterocycles. The monoisotopic (exact) mass is 177 g/mol. The van der Waals surface area contributed by atoms with E-state index in [-0.39, 0.29) is 5.37 Å². The van der Waals surface area contributed by atoms with Crippen molar-refractivity contribution in [2.45, 2.75) is 11.8 Å². The van der Waals surface area contributed by atoms with Crippen LogP contribution in [0.2, 0.25) is 0 Å². The van der Waals surface area contributed by atoms with Gasteiger partial charge < -0.3 is 5.43 Å². The van der Waals surface area contributed by atoms with Crippen LogP contribution < -0.4 is 10.1 Å². The molecule has 5 heteroatoms. The highest BCUT2D eigenvalue weighted by Gasteiger charge is 2.15. The summed E-state index contributed by atoms with van der Waals surface area (Å²) in [6.45, 7) is 0.960. The van der Waals surface area contributed by atoms with Gasteiger partial charge in [-0.3, -0.25) is 0 Å². The average molecular weight is 177 g/mol. The molecule has 0 fully saturated rings. The lowest BCUT2D eigenvalue weighted by Gasteiger charge is -2.10. The second-order valence-corrected chi connectivity index (χ2v) is 3.21. The fourth-order valence-electron chi connectivity index (χ4n) is 0.850. The van der Waals surface area contributed by atoms with Crippen LogP contribution in [0.4, 0.5) is 0 Å². The van der Waals surface area contributed by atoms with Crippen molar-refractivity contribution in [2.24, 2.45) is 5.10 Å². The molecule has 0 aromatic rings. The van der Waals surface area contributed by atoms with Crippen LogP contribution in [0.25, 0.3) is 0 Å². The molecule has 1 aliphatic heterocycles. The highest BCUT2D eigenvalue weighted by molar-refractivity contribution is 8.00. The molecule has 1 unspecified atom stereocenters. The van der Waals surface area contributed by atoms with Gasteiger partial charge in [-0.2, -0.15) is 5.10 Å². The lowest BCUT2D eigenvalue weighted by molar-refractivity contribution is 0.813. The van der Waals surface area contributed by atoms with E-state index in [1.165, 1.54) is 0 Å². The normalized spacial score (nSPS) is 20.0. The number of hydrazone groups is 1. The van der Waals surface area contributed by atoms with E-state index in [1.54, 1.807) is 11.8 Å². The maximum atomic E-state index is 4.11. The first kappa shape index (κ1) is 8.23. The SMILES string of the molecule is CSC(NS)C1=NNCC1. The quantitative estimate of drug-likeness (QED) is 0.433. The molecule has 10 heavy (non-hydrogen) atoms. The lowest BCUT2D eigenvalue weighted by Crippen LogP contribution is -2.25. The molecule has 1 rings (SSSR count). The van der Waals surface area contributed by atoms with Crippen molar-refractivity contribution >= 4 is 30.3 Å². The van der Waals surface area contributed by atoms with Crippen LogP contribution in [-0.4, -0.2) is 23.9 Å². The van der Waals surface area contributed by atoms with Gasteiger partial charge in [-0.05, 0) is 6.26 Å². The Labute approximate surface area is 70.6 Å². The largest absolute Gasteiger partial charge is 0.310 e. The molecule has 3 nitrogen and oxygen atoms in total. The first-order chi connectivity index (χ1) is 4.88. The zero-order valence-electron chi connectivity index (χ0n) is 5.79. The second kappa shape index (κ2) is 4.10. The van der Waals surface area contributed by atoms with Crippen molar-refractivity contribution in [3.05, 3.63) is 0 Å². The molecule has 0 bridgehead atoms. The molecule has 0 aliphatic carbocycles. The predicted molar refractivity (Wildman–Crippen MR) is 49.5 cm³/mol. The zero-order valence-corrected chi connectivity index (χ0v) is 7.51. The van der Waals surface area contributed by atoms with Gasteiger partial charge in [0.25, 0.3) is 0 Å². The smallest absolute Gasteiger partial charge is 0.102 e. The highest BCUT2D eigenvalue weighted by Crippen LogP contribution is 2.10. The first-order valence-corrected chi connectivity index (χ1v) is 4.83. The van der Waals surface area contributed by atoms with Crippen molar-refractivity contribution in [2.75, 3.05) is 12.8 Å². The van der Waals surface area contributed by atoms with Crippen molar-refractivity contribution in [3.63, 3.8) is 0 Å². The Morgan fingerprint density at radius 3 is 3.10 bits per heavy atom. The maximum absolute atomic E-state index is 4.11. The molecule has 2 N–H and O–H groups in total. The molecule has 0 saturated heterocycles. The number of nitrogens with one attached hydrogen (secondary N) is 2. The summed E-state index contributed by atoms with van der Waals surface area (Å²) < 4.78 is 2.88. The summed E-state index contributed by atoms with van der Waals surface area (Å²) in [7, 11) is 0. The Morgan fingerprint density at radius 1 is 1.90 bits per heavy atom. The molecule has 58 valence electrons. The third-order valence-electron chi connectivity index (χ3n) is 1.37. The highest BCUT2D eigenvalue weighted by atomic mass is 32.2. The molecule has 0 amide bonds. The minimum absolute atomic E-state index is 0.262. The molecule has 1 atom stereocenters. The van der Waals surface area contributed by atoms with Crippen LogP contribution in [0.1, 0.15) is 6.42 Å². The first-order valence-electron chi connectivity index (χ1n) is 3.10. The molecule has 0 radical (unpaired) electrons. The number of hydrogen-bond acceptors (Lipinski definition) is 5. The van der Waals surface area contributed by atoms with Gasteiger partial charge in [-0.25, -0.2) is 4.72 Å². The summed E-state index contributed by atoms with van der Waals surface area (Å²) in [6.07, 6.45) is 3.06. The Balaban J connectivity index is 2.44. The summed E-state index contributed by atoms with van der Waals surface area (Å²) in [5.74, 6) is 0. The van der Waals surface area contributed by atoms with Crippen LogP contribution in [0, 0.1) is 0 Å². The Morgan fingerprint density at radius 2 is 2.70 bits per heavy atom. The standard InChI is InChI=1S/C5H11N3S2/c1-10-5(8-9)4-2-3-6-7-4/h5-6,8-9H,2-3H2,1H3. The van der Waals surface area contributed by atoms with Gasteiger partial charge in [0, 0.05) is 13.0 Å². The third-order valence-corrected chi connectivity index (χ3v) is 2.67. The van der Waals surface area contributed by atoms with Gasteiger partial charge in [-0.1, -0.05) is 12.8 Å². The van der Waals surface area contributed by atoms with Crippen LogP contribution in [0.15, 0.2) is 5.10 Å². The Hall–Kier alpha value is 0.130. The summed E-state index contributed by atoms with van der Waals surface area (Å²) in [4.78, 5) is 0. The van der Waals surface area contributed by atoms with E-state index in [4.69, 9.17) is 0 Å². The summed E-state index contributed by atoms with van der Waals surface area (Å²) >= 11 is 5.70. The summed E-state index contributed by atoms with van der Waals surface area (Å²) in [5.41, 5.74) is 4.08. The number of thiol groups is 1. The molecule has 0 aromatic heterocycles. The topological polar surface area (TPSA) is 36.4 Å². The van der Waals surface area contributed by atoms with Crippen molar-refractivity contribution in [1.29, 1.82) is 0 Å². The van der Waals surface area contributed by atoms with Crippen LogP contribution in [0.3, 0.4) is 0 Å². The number of hydrogen-bond donors (Lipinski definition) is 3. The Kier molecular flexibility index (Phi) is 3.37. The predicted octanol–water partition coefficient (Wildman–Crippen LogP) is 0.459. The van der Waals surface area contributed by atoms with E-state index in [0.717, 1.165) is 18.7 Å². The van der Waals surface area contributed by atoms with Crippen molar-refractivity contribution in [3.8, 4) is 0 Å². The van der Waals surface area contributed by atoms with E-state index in [9.17, 15) is 0 Å². The van der Waals surface area contributed by atoms with E-state index in [1.807, 2.05) is 6.26 Å². The molecule has 0 spiro atoms. The molecular formula is C5H11N3S2. The van der Waals surface area contributed by atoms with Crippen LogP contribution in [-0.2, 0) is 0 Å². The van der Waals surface area contributed by atoms with E-state index in [2.05, 4.69) is 28.1 Å². The van der Waals surface area contributed by atoms with Crippen LogP contribution in [0.5, 0.6) is 0 Å². The zero-order chi connectivity index (χ0) is 7.40. The van der Waals surface area contributed by atoms with Crippen molar-refractivity contribution in [1.82, 2.24) is 10.1 Å². The minimum Gasteiger partial charge on any atom is -0.310 e. The lowest BCUT2D eigenvalue weighted by atomic mass is 10.3. The fourth-order valence-corrected chi connectivity index (χ4v) is 1.86. The fraction of sp³-hybridized carbons (Fsp3) is 0.800. The second-order valence-electron chi connectivity index (χ2n) is 2.01. The van der Waals surface area contributed by atoms with E-state index >= 15 is 0 Å². The van der Waals surface area contributed by atoms with Gasteiger partial charge in [-0.15, -0.1) is 11.8 Å². The van der Waals surface area contributed by atoms with Crippen molar-refractivity contribution < 1.29 is 0 Å². The van der Waals surface area contributed by atoms with E-state index < -0.39 is 0 Å². The van der Waals surface area contributed by atoms with Gasteiger partial charge in [0.05, 0.1) is 5.71 Å². The molecule has 0 saturated carbocycles. The maximum Gasteiger partial charge on any atom is 0.102 e. The van der Waals surface area contributed by atoms with Gasteiger partial charge >= 0.3 is 0 Å². The summed E-state index contributed by atoms with van der Waals surface area (Å²) in [5, 5.41) is 4.37.